The van der Waals surface area contributed by atoms with Gasteiger partial charge in [0.1, 0.15) is 11.3 Å². The van der Waals surface area contributed by atoms with Crippen LogP contribution in [0.4, 0.5) is 0 Å². The maximum Gasteiger partial charge on any atom is 0.234 e. The summed E-state index contributed by atoms with van der Waals surface area (Å²) >= 11 is 0. The van der Waals surface area contributed by atoms with Crippen LogP contribution in [0.2, 0.25) is 0 Å². The molecule has 0 spiro atoms. The summed E-state index contributed by atoms with van der Waals surface area (Å²) in [6.45, 7) is 10.5. The highest BCUT2D eigenvalue weighted by atomic mass is 127. The third-order valence-electron chi connectivity index (χ3n) is 5.05. The fourth-order valence-electron chi connectivity index (χ4n) is 3.57. The number of piperazine rings is 1. The van der Waals surface area contributed by atoms with E-state index in [1.54, 1.807) is 7.05 Å². The lowest BCUT2D eigenvalue weighted by Crippen LogP contribution is -2.54. The number of carbonyl (C=O) groups excluding carboxylic acids is 1. The van der Waals surface area contributed by atoms with Gasteiger partial charge in [-0.3, -0.25) is 14.7 Å². The molecule has 29 heavy (non-hydrogen) atoms. The summed E-state index contributed by atoms with van der Waals surface area (Å²) in [6, 6.07) is 8.28. The lowest BCUT2D eigenvalue weighted by Gasteiger charge is -2.36. The molecular formula is C21H32IN5O2. The highest BCUT2D eigenvalue weighted by molar-refractivity contribution is 14.0. The van der Waals surface area contributed by atoms with E-state index in [4.69, 9.17) is 4.42 Å². The van der Waals surface area contributed by atoms with E-state index in [0.29, 0.717) is 13.1 Å². The number of amides is 1. The summed E-state index contributed by atoms with van der Waals surface area (Å²) in [5.41, 5.74) is 2.08. The second kappa shape index (κ2) is 10.8. The summed E-state index contributed by atoms with van der Waals surface area (Å²) in [5.74, 6) is 1.89. The molecule has 1 aliphatic heterocycles. The predicted molar refractivity (Wildman–Crippen MR) is 128 cm³/mol. The summed E-state index contributed by atoms with van der Waals surface area (Å²) in [7, 11) is 1.80. The first-order valence-electron chi connectivity index (χ1n) is 9.92. The van der Waals surface area contributed by atoms with Crippen molar-refractivity contribution in [1.82, 2.24) is 20.4 Å². The smallest absolute Gasteiger partial charge is 0.234 e. The van der Waals surface area contributed by atoms with Gasteiger partial charge in [-0.25, -0.2) is 0 Å². The van der Waals surface area contributed by atoms with Gasteiger partial charge in [0.2, 0.25) is 5.91 Å². The maximum atomic E-state index is 11.9. The van der Waals surface area contributed by atoms with Gasteiger partial charge in [0, 0.05) is 50.2 Å². The van der Waals surface area contributed by atoms with Crippen LogP contribution < -0.4 is 10.6 Å². The van der Waals surface area contributed by atoms with Gasteiger partial charge in [0.15, 0.2) is 5.96 Å². The molecule has 3 rings (SSSR count). The highest BCUT2D eigenvalue weighted by Gasteiger charge is 2.21. The van der Waals surface area contributed by atoms with Crippen molar-refractivity contribution < 1.29 is 9.21 Å². The number of benzene rings is 1. The van der Waals surface area contributed by atoms with E-state index in [0.717, 1.165) is 48.9 Å². The molecule has 2 N–H and O–H groups in total. The van der Waals surface area contributed by atoms with Crippen molar-refractivity contribution in [2.45, 2.75) is 33.4 Å². The number of aliphatic imine (C=N–C) groups is 1. The van der Waals surface area contributed by atoms with Crippen LogP contribution in [0, 0.1) is 6.92 Å². The minimum atomic E-state index is 0. The van der Waals surface area contributed by atoms with Crippen LogP contribution in [-0.2, 0) is 11.3 Å². The molecule has 1 fully saturated rings. The van der Waals surface area contributed by atoms with E-state index >= 15 is 0 Å². The van der Waals surface area contributed by atoms with Crippen molar-refractivity contribution >= 4 is 46.8 Å². The second-order valence-electron chi connectivity index (χ2n) is 7.53. The van der Waals surface area contributed by atoms with Gasteiger partial charge < -0.3 is 20.0 Å². The maximum absolute atomic E-state index is 11.9. The molecule has 7 nitrogen and oxygen atoms in total. The van der Waals surface area contributed by atoms with Crippen molar-refractivity contribution in [3.8, 4) is 0 Å². The van der Waals surface area contributed by atoms with Crippen LogP contribution in [-0.4, -0.2) is 67.5 Å². The van der Waals surface area contributed by atoms with E-state index in [2.05, 4.69) is 38.4 Å². The topological polar surface area (TPSA) is 73.1 Å². The zero-order valence-electron chi connectivity index (χ0n) is 17.7. The number of carbonyl (C=O) groups is 1. The number of hydrogen-bond acceptors (Lipinski definition) is 4. The van der Waals surface area contributed by atoms with Gasteiger partial charge in [0.25, 0.3) is 0 Å². The molecule has 2 heterocycles. The fraction of sp³-hybridized carbons (Fsp3) is 0.524. The van der Waals surface area contributed by atoms with Gasteiger partial charge in [-0.15, -0.1) is 24.0 Å². The van der Waals surface area contributed by atoms with Crippen molar-refractivity contribution in [2.75, 3.05) is 39.8 Å². The van der Waals surface area contributed by atoms with E-state index in [1.165, 1.54) is 5.56 Å². The van der Waals surface area contributed by atoms with Crippen LogP contribution >= 0.6 is 24.0 Å². The number of aryl methyl sites for hydroxylation is 1. The average Bonchev–Trinajstić information content (AvgIpc) is 2.99. The van der Waals surface area contributed by atoms with Gasteiger partial charge in [-0.05, 0) is 26.8 Å². The van der Waals surface area contributed by atoms with Gasteiger partial charge in [0.05, 0.1) is 13.1 Å². The number of furan rings is 1. The molecule has 1 aromatic carbocycles. The predicted octanol–water partition coefficient (Wildman–Crippen LogP) is 2.58. The monoisotopic (exact) mass is 513 g/mol. The Balaban J connectivity index is 0.00000300. The molecular weight excluding hydrogens is 481 g/mol. The van der Waals surface area contributed by atoms with E-state index in [1.807, 2.05) is 32.0 Å². The summed E-state index contributed by atoms with van der Waals surface area (Å²) < 4.78 is 5.98. The Bertz CT molecular complexity index is 841. The molecule has 1 saturated heterocycles. The Kier molecular flexibility index (Phi) is 8.76. The summed E-state index contributed by atoms with van der Waals surface area (Å²) in [4.78, 5) is 20.8. The zero-order chi connectivity index (χ0) is 20.1. The molecule has 8 heteroatoms. The molecule has 0 radical (unpaired) electrons. The number of rotatable bonds is 5. The van der Waals surface area contributed by atoms with Gasteiger partial charge in [-0.2, -0.15) is 0 Å². The third-order valence-corrected chi connectivity index (χ3v) is 5.05. The zero-order valence-corrected chi connectivity index (χ0v) is 20.0. The molecule has 0 saturated carbocycles. The lowest BCUT2D eigenvalue weighted by molar-refractivity contribution is -0.123. The first-order valence-corrected chi connectivity index (χ1v) is 9.92. The molecule has 2 aromatic rings. The third kappa shape index (κ3) is 6.08. The summed E-state index contributed by atoms with van der Waals surface area (Å²) in [6.07, 6.45) is 0. The number of nitrogens with one attached hydrogen (secondary N) is 2. The van der Waals surface area contributed by atoms with Crippen molar-refractivity contribution in [3.63, 3.8) is 0 Å². The number of hydrogen-bond donors (Lipinski definition) is 2. The first-order chi connectivity index (χ1) is 13.5. The van der Waals surface area contributed by atoms with Gasteiger partial charge >= 0.3 is 0 Å². The molecule has 0 bridgehead atoms. The Morgan fingerprint density at radius 1 is 1.21 bits per heavy atom. The van der Waals surface area contributed by atoms with E-state index in [-0.39, 0.29) is 35.9 Å². The quantitative estimate of drug-likeness (QED) is 0.366. The molecule has 1 aromatic heterocycles. The first kappa shape index (κ1) is 23.5. The fourth-order valence-corrected chi connectivity index (χ4v) is 3.57. The highest BCUT2D eigenvalue weighted by Crippen LogP contribution is 2.24. The SMILES string of the molecule is CN=C(NCc1oc2ccccc2c1C)N1CCN(CC(=O)NC(C)C)CC1.I. The minimum Gasteiger partial charge on any atom is -0.459 e. The molecule has 1 amide bonds. The van der Waals surface area contributed by atoms with Crippen LogP contribution in [0.15, 0.2) is 33.7 Å². The number of halogens is 1. The average molecular weight is 513 g/mol. The van der Waals surface area contributed by atoms with Crippen molar-refractivity contribution in [2.24, 2.45) is 4.99 Å². The van der Waals surface area contributed by atoms with Crippen LogP contribution in [0.5, 0.6) is 0 Å². The Morgan fingerprint density at radius 3 is 2.52 bits per heavy atom. The Hall–Kier alpha value is -1.81. The van der Waals surface area contributed by atoms with Crippen molar-refractivity contribution in [1.29, 1.82) is 0 Å². The van der Waals surface area contributed by atoms with E-state index < -0.39 is 0 Å². The molecule has 0 atom stereocenters. The van der Waals surface area contributed by atoms with Crippen LogP contribution in [0.25, 0.3) is 11.0 Å². The molecule has 0 unspecified atom stereocenters. The van der Waals surface area contributed by atoms with Crippen LogP contribution in [0.3, 0.4) is 0 Å². The Morgan fingerprint density at radius 2 is 1.90 bits per heavy atom. The molecule has 1 aliphatic rings. The van der Waals surface area contributed by atoms with Crippen molar-refractivity contribution in [3.05, 3.63) is 35.6 Å². The Labute approximate surface area is 189 Å². The molecule has 160 valence electrons. The minimum absolute atomic E-state index is 0. The number of para-hydroxylation sites is 1. The van der Waals surface area contributed by atoms with Gasteiger partial charge in [-0.1, -0.05) is 18.2 Å². The standard InChI is InChI=1S/C21H31N5O2.HI/c1-15(2)24-20(27)14-25-9-11-26(12-10-25)21(22-4)23-13-19-16(3)17-7-5-6-8-18(17)28-19;/h5-8,15H,9-14H2,1-4H3,(H,22,23)(H,24,27);1H. The molecule has 0 aliphatic carbocycles. The number of guanidine groups is 1. The lowest BCUT2D eigenvalue weighted by atomic mass is 10.1. The van der Waals surface area contributed by atoms with Crippen LogP contribution in [0.1, 0.15) is 25.2 Å². The largest absolute Gasteiger partial charge is 0.459 e. The normalized spacial score (nSPS) is 15.5. The number of nitrogens with zero attached hydrogens (tertiary/aromatic N) is 3. The number of fused-ring (bicyclic) bond motifs is 1. The van der Waals surface area contributed by atoms with E-state index in [9.17, 15) is 4.79 Å². The summed E-state index contributed by atoms with van der Waals surface area (Å²) in [5, 5.41) is 7.53. The second-order valence-corrected chi connectivity index (χ2v) is 7.53.